The van der Waals surface area contributed by atoms with Gasteiger partial charge < -0.3 is 5.32 Å². The Morgan fingerprint density at radius 2 is 2.29 bits per heavy atom. The van der Waals surface area contributed by atoms with Crippen LogP contribution >= 0.6 is 0 Å². The zero-order valence-corrected chi connectivity index (χ0v) is 8.76. The summed E-state index contributed by atoms with van der Waals surface area (Å²) in [6, 6.07) is 1.55. The summed E-state index contributed by atoms with van der Waals surface area (Å²) in [5.41, 5.74) is 0.968. The van der Waals surface area contributed by atoms with Crippen LogP contribution in [0.15, 0.2) is 18.5 Å². The summed E-state index contributed by atoms with van der Waals surface area (Å²) >= 11 is 0. The highest BCUT2D eigenvalue weighted by atomic mass is 19.1. The summed E-state index contributed by atoms with van der Waals surface area (Å²) in [6.07, 6.45) is 3.84. The number of rotatable bonds is 5. The number of pyridine rings is 1. The van der Waals surface area contributed by atoms with Crippen molar-refractivity contribution < 1.29 is 4.39 Å². The largest absolute Gasteiger partial charge is 0.317 e. The quantitative estimate of drug-likeness (QED) is 0.779. The standard InChI is InChI=1S/C11H17FN2/c1-3-13-6-9(2)4-10-5-11(12)8-14-7-10/h5,7-9,13H,3-4,6H2,1-2H3. The first kappa shape index (κ1) is 11.1. The minimum atomic E-state index is -0.252. The van der Waals surface area contributed by atoms with Crippen molar-refractivity contribution >= 4 is 0 Å². The molecule has 3 heteroatoms. The highest BCUT2D eigenvalue weighted by Crippen LogP contribution is 2.07. The van der Waals surface area contributed by atoms with E-state index in [1.807, 2.05) is 0 Å². The second-order valence-corrected chi connectivity index (χ2v) is 3.63. The van der Waals surface area contributed by atoms with Crippen LogP contribution in [0.25, 0.3) is 0 Å². The molecule has 0 radical (unpaired) electrons. The van der Waals surface area contributed by atoms with Gasteiger partial charge in [0.1, 0.15) is 5.82 Å². The molecule has 2 nitrogen and oxygen atoms in total. The lowest BCUT2D eigenvalue weighted by Crippen LogP contribution is -2.21. The van der Waals surface area contributed by atoms with E-state index < -0.39 is 0 Å². The van der Waals surface area contributed by atoms with Crippen LogP contribution in [0.2, 0.25) is 0 Å². The minimum absolute atomic E-state index is 0.252. The maximum Gasteiger partial charge on any atom is 0.141 e. The molecule has 0 aromatic carbocycles. The number of nitrogens with zero attached hydrogens (tertiary/aromatic N) is 1. The Morgan fingerprint density at radius 3 is 2.93 bits per heavy atom. The van der Waals surface area contributed by atoms with Gasteiger partial charge in [-0.15, -0.1) is 0 Å². The van der Waals surface area contributed by atoms with Crippen LogP contribution in [-0.2, 0) is 6.42 Å². The van der Waals surface area contributed by atoms with Crippen LogP contribution in [0.5, 0.6) is 0 Å². The van der Waals surface area contributed by atoms with Crippen molar-refractivity contribution in [1.82, 2.24) is 10.3 Å². The lowest BCUT2D eigenvalue weighted by atomic mass is 10.0. The predicted molar refractivity (Wildman–Crippen MR) is 55.6 cm³/mol. The fourth-order valence-electron chi connectivity index (χ4n) is 1.43. The van der Waals surface area contributed by atoms with Gasteiger partial charge in [-0.1, -0.05) is 13.8 Å². The average molecular weight is 196 g/mol. The summed E-state index contributed by atoms with van der Waals surface area (Å²) in [5, 5.41) is 3.27. The van der Waals surface area contributed by atoms with Crippen LogP contribution in [-0.4, -0.2) is 18.1 Å². The smallest absolute Gasteiger partial charge is 0.141 e. The van der Waals surface area contributed by atoms with E-state index in [2.05, 4.69) is 24.1 Å². The Bertz CT molecular complexity index is 276. The fourth-order valence-corrected chi connectivity index (χ4v) is 1.43. The zero-order chi connectivity index (χ0) is 10.4. The Kier molecular flexibility index (Phi) is 4.53. The molecule has 0 aliphatic carbocycles. The van der Waals surface area contributed by atoms with Crippen LogP contribution in [0.3, 0.4) is 0 Å². The SMILES string of the molecule is CCNCC(C)Cc1cncc(F)c1. The molecule has 0 aliphatic rings. The molecule has 0 fully saturated rings. The molecular weight excluding hydrogens is 179 g/mol. The van der Waals surface area contributed by atoms with Gasteiger partial charge in [-0.3, -0.25) is 4.98 Å². The Balaban J connectivity index is 2.43. The molecule has 1 aromatic heterocycles. The van der Waals surface area contributed by atoms with Gasteiger partial charge in [0.05, 0.1) is 6.20 Å². The topological polar surface area (TPSA) is 24.9 Å². The number of aromatic nitrogens is 1. The second-order valence-electron chi connectivity index (χ2n) is 3.63. The van der Waals surface area contributed by atoms with Gasteiger partial charge in [-0.25, -0.2) is 4.39 Å². The minimum Gasteiger partial charge on any atom is -0.317 e. The van der Waals surface area contributed by atoms with Crippen molar-refractivity contribution in [3.63, 3.8) is 0 Å². The van der Waals surface area contributed by atoms with E-state index in [0.29, 0.717) is 5.92 Å². The van der Waals surface area contributed by atoms with Gasteiger partial charge in [-0.05, 0) is 37.1 Å². The predicted octanol–water partition coefficient (Wildman–Crippen LogP) is 2.01. The lowest BCUT2D eigenvalue weighted by Gasteiger charge is -2.11. The van der Waals surface area contributed by atoms with E-state index in [-0.39, 0.29) is 5.82 Å². The summed E-state index contributed by atoms with van der Waals surface area (Å²) in [6.45, 7) is 6.17. The Morgan fingerprint density at radius 1 is 1.50 bits per heavy atom. The highest BCUT2D eigenvalue weighted by molar-refractivity contribution is 5.10. The van der Waals surface area contributed by atoms with Gasteiger partial charge in [0.15, 0.2) is 0 Å². The molecule has 1 atom stereocenters. The Hall–Kier alpha value is -0.960. The van der Waals surface area contributed by atoms with E-state index in [9.17, 15) is 4.39 Å². The molecule has 78 valence electrons. The summed E-state index contributed by atoms with van der Waals surface area (Å²) in [5.74, 6) is 0.261. The van der Waals surface area contributed by atoms with Crippen molar-refractivity contribution in [3.8, 4) is 0 Å². The maximum atomic E-state index is 12.8. The average Bonchev–Trinajstić information content (AvgIpc) is 2.15. The first-order chi connectivity index (χ1) is 6.72. The third kappa shape index (κ3) is 3.83. The van der Waals surface area contributed by atoms with E-state index in [1.165, 1.54) is 6.20 Å². The van der Waals surface area contributed by atoms with E-state index >= 15 is 0 Å². The van der Waals surface area contributed by atoms with Crippen molar-refractivity contribution in [2.24, 2.45) is 5.92 Å². The molecule has 0 spiro atoms. The monoisotopic (exact) mass is 196 g/mol. The van der Waals surface area contributed by atoms with Gasteiger partial charge >= 0.3 is 0 Å². The summed E-state index contributed by atoms with van der Waals surface area (Å²) in [7, 11) is 0. The Labute approximate surface area is 84.6 Å². The maximum absolute atomic E-state index is 12.8. The molecule has 1 N–H and O–H groups in total. The van der Waals surface area contributed by atoms with Crippen molar-refractivity contribution in [2.45, 2.75) is 20.3 Å². The fraction of sp³-hybridized carbons (Fsp3) is 0.545. The lowest BCUT2D eigenvalue weighted by molar-refractivity contribution is 0.518. The highest BCUT2D eigenvalue weighted by Gasteiger charge is 2.03. The molecule has 14 heavy (non-hydrogen) atoms. The molecule has 1 heterocycles. The van der Waals surface area contributed by atoms with Crippen LogP contribution in [0, 0.1) is 11.7 Å². The second kappa shape index (κ2) is 5.70. The van der Waals surface area contributed by atoms with Crippen LogP contribution in [0.1, 0.15) is 19.4 Å². The third-order valence-electron chi connectivity index (χ3n) is 2.09. The number of hydrogen-bond acceptors (Lipinski definition) is 2. The van der Waals surface area contributed by atoms with E-state index in [1.54, 1.807) is 12.3 Å². The van der Waals surface area contributed by atoms with E-state index in [0.717, 1.165) is 25.1 Å². The first-order valence-corrected chi connectivity index (χ1v) is 5.02. The molecule has 1 rings (SSSR count). The van der Waals surface area contributed by atoms with Gasteiger partial charge in [0, 0.05) is 6.20 Å². The van der Waals surface area contributed by atoms with Gasteiger partial charge in [0.25, 0.3) is 0 Å². The molecule has 1 aromatic rings. The van der Waals surface area contributed by atoms with Crippen LogP contribution < -0.4 is 5.32 Å². The van der Waals surface area contributed by atoms with Crippen molar-refractivity contribution in [3.05, 3.63) is 29.8 Å². The zero-order valence-electron chi connectivity index (χ0n) is 8.76. The molecule has 0 saturated heterocycles. The molecule has 0 aliphatic heterocycles. The van der Waals surface area contributed by atoms with Gasteiger partial charge in [-0.2, -0.15) is 0 Å². The van der Waals surface area contributed by atoms with Crippen molar-refractivity contribution in [1.29, 1.82) is 0 Å². The third-order valence-corrected chi connectivity index (χ3v) is 2.09. The normalized spacial score (nSPS) is 12.8. The number of halogens is 1. The molecule has 0 saturated carbocycles. The summed E-state index contributed by atoms with van der Waals surface area (Å²) in [4.78, 5) is 3.82. The molecule has 0 amide bonds. The number of hydrogen-bond donors (Lipinski definition) is 1. The molecule has 1 unspecified atom stereocenters. The van der Waals surface area contributed by atoms with Gasteiger partial charge in [0.2, 0.25) is 0 Å². The van der Waals surface area contributed by atoms with Crippen molar-refractivity contribution in [2.75, 3.05) is 13.1 Å². The first-order valence-electron chi connectivity index (χ1n) is 5.02. The van der Waals surface area contributed by atoms with E-state index in [4.69, 9.17) is 0 Å². The summed E-state index contributed by atoms with van der Waals surface area (Å²) < 4.78 is 12.8. The number of nitrogens with one attached hydrogen (secondary N) is 1. The molecular formula is C11H17FN2. The molecule has 0 bridgehead atoms. The van der Waals surface area contributed by atoms with Crippen LogP contribution in [0.4, 0.5) is 4.39 Å².